The smallest absolute Gasteiger partial charge is 0.0541 e. The molecule has 282 valence electrons. The summed E-state index contributed by atoms with van der Waals surface area (Å²) in [6.07, 6.45) is 0. The number of benzene rings is 10. The first-order valence-corrected chi connectivity index (χ1v) is 20.6. The van der Waals surface area contributed by atoms with Gasteiger partial charge in [0, 0.05) is 33.3 Å². The van der Waals surface area contributed by atoms with Crippen LogP contribution in [0.15, 0.2) is 243 Å². The number of hydrogen-bond acceptors (Lipinski definition) is 1. The maximum absolute atomic E-state index is 2.43. The van der Waals surface area contributed by atoms with Crippen molar-refractivity contribution in [2.75, 3.05) is 4.90 Å². The maximum atomic E-state index is 2.43. The first kappa shape index (κ1) is 35.2. The van der Waals surface area contributed by atoms with Crippen molar-refractivity contribution in [3.63, 3.8) is 0 Å². The fourth-order valence-corrected chi connectivity index (χ4v) is 8.99. The molecular weight excluding hydrogens is 725 g/mol. The Morgan fingerprint density at radius 1 is 0.283 bits per heavy atom. The molecule has 0 aliphatic heterocycles. The molecule has 11 rings (SSSR count). The van der Waals surface area contributed by atoms with E-state index in [1.54, 1.807) is 0 Å². The minimum atomic E-state index is 1.08. The van der Waals surface area contributed by atoms with Crippen LogP contribution >= 0.6 is 0 Å². The molecule has 0 atom stereocenters. The normalized spacial score (nSPS) is 11.3. The molecule has 0 N–H and O–H groups in total. The van der Waals surface area contributed by atoms with Crippen LogP contribution in [0.4, 0.5) is 17.1 Å². The molecule has 0 fully saturated rings. The number of nitrogens with zero attached hydrogens (tertiary/aromatic N) is 2. The van der Waals surface area contributed by atoms with Gasteiger partial charge in [-0.1, -0.05) is 188 Å². The Kier molecular flexibility index (Phi) is 8.87. The van der Waals surface area contributed by atoms with Crippen molar-refractivity contribution in [1.29, 1.82) is 0 Å². The predicted molar refractivity (Wildman–Crippen MR) is 255 cm³/mol. The fraction of sp³-hybridized carbons (Fsp3) is 0. The molecule has 1 heterocycles. The molecule has 0 radical (unpaired) electrons. The van der Waals surface area contributed by atoms with Gasteiger partial charge < -0.3 is 9.47 Å². The number of hydrogen-bond donors (Lipinski definition) is 0. The summed E-state index contributed by atoms with van der Waals surface area (Å²) in [6, 6.07) is 88.0. The van der Waals surface area contributed by atoms with E-state index < -0.39 is 0 Å². The number of rotatable bonds is 8. The Labute approximate surface area is 350 Å². The van der Waals surface area contributed by atoms with Crippen LogP contribution in [0.2, 0.25) is 0 Å². The molecule has 0 aliphatic rings. The number of fused-ring (bicyclic) bond motifs is 4. The van der Waals surface area contributed by atoms with E-state index in [1.165, 1.54) is 66.0 Å². The van der Waals surface area contributed by atoms with Gasteiger partial charge in [0.15, 0.2) is 0 Å². The number of para-hydroxylation sites is 3. The number of anilines is 3. The van der Waals surface area contributed by atoms with E-state index in [-0.39, 0.29) is 0 Å². The third-order valence-corrected chi connectivity index (χ3v) is 11.8. The van der Waals surface area contributed by atoms with Gasteiger partial charge in [0.1, 0.15) is 0 Å². The lowest BCUT2D eigenvalue weighted by molar-refractivity contribution is 1.18. The molecule has 1 aromatic heterocycles. The van der Waals surface area contributed by atoms with Gasteiger partial charge in [-0.3, -0.25) is 0 Å². The van der Waals surface area contributed by atoms with E-state index in [2.05, 4.69) is 252 Å². The molecule has 2 heteroatoms. The SMILES string of the molecule is c1ccc(-c2ccc(N(c3cccc(-c4ccccc4)c3)c3ccc(-c4ccccc4-n4c5ccccc5c5ccccc54)cc3-c3cccc4ccccc34)cc2)cc1. The lowest BCUT2D eigenvalue weighted by Gasteiger charge is -2.29. The summed E-state index contributed by atoms with van der Waals surface area (Å²) < 4.78 is 2.43. The van der Waals surface area contributed by atoms with Crippen LogP contribution < -0.4 is 4.90 Å². The summed E-state index contributed by atoms with van der Waals surface area (Å²) >= 11 is 0. The Morgan fingerprint density at radius 3 is 1.53 bits per heavy atom. The average molecular weight is 765 g/mol. The Balaban J connectivity index is 1.16. The maximum Gasteiger partial charge on any atom is 0.0541 e. The van der Waals surface area contributed by atoms with E-state index in [0.717, 1.165) is 33.9 Å². The van der Waals surface area contributed by atoms with Gasteiger partial charge in [-0.25, -0.2) is 0 Å². The third-order valence-electron chi connectivity index (χ3n) is 11.8. The molecule has 2 nitrogen and oxygen atoms in total. The quantitative estimate of drug-likeness (QED) is 0.150. The van der Waals surface area contributed by atoms with Crippen LogP contribution in [0.25, 0.3) is 82.8 Å². The van der Waals surface area contributed by atoms with E-state index in [1.807, 2.05) is 0 Å². The minimum absolute atomic E-state index is 1.08. The minimum Gasteiger partial charge on any atom is -0.310 e. The van der Waals surface area contributed by atoms with E-state index in [9.17, 15) is 0 Å². The van der Waals surface area contributed by atoms with Crippen LogP contribution in [-0.4, -0.2) is 4.57 Å². The van der Waals surface area contributed by atoms with Crippen LogP contribution in [-0.2, 0) is 0 Å². The first-order chi connectivity index (χ1) is 29.8. The Hall–Kier alpha value is -7.94. The zero-order chi connectivity index (χ0) is 39.8. The summed E-state index contributed by atoms with van der Waals surface area (Å²) in [5.41, 5.74) is 16.2. The zero-order valence-corrected chi connectivity index (χ0v) is 33.0. The molecular formula is C58H40N2. The van der Waals surface area contributed by atoms with Crippen LogP contribution in [0.1, 0.15) is 0 Å². The predicted octanol–water partition coefficient (Wildman–Crippen LogP) is 16.1. The molecule has 60 heavy (non-hydrogen) atoms. The standard InChI is InChI=1S/C58H40N2/c1-3-17-41(18-4-1)43-33-36-47(37-34-43)59(48-24-15-23-45(39-48)42-19-5-2-6-20-42)58-38-35-46(40-54(58)51-29-16-22-44-21-7-8-25-49(44)51)50-26-9-12-30-55(50)60-56-31-13-10-27-52(56)53-28-11-14-32-57(53)60/h1-40H. The highest BCUT2D eigenvalue weighted by Gasteiger charge is 2.22. The fourth-order valence-electron chi connectivity index (χ4n) is 8.99. The topological polar surface area (TPSA) is 8.17 Å². The Bertz CT molecular complexity index is 3250. The molecule has 0 unspecified atom stereocenters. The molecule has 0 saturated carbocycles. The summed E-state index contributed by atoms with van der Waals surface area (Å²) in [5, 5.41) is 4.93. The van der Waals surface area contributed by atoms with E-state index in [4.69, 9.17) is 0 Å². The largest absolute Gasteiger partial charge is 0.310 e. The van der Waals surface area contributed by atoms with Gasteiger partial charge in [0.05, 0.1) is 22.4 Å². The summed E-state index contributed by atoms with van der Waals surface area (Å²) in [7, 11) is 0. The van der Waals surface area contributed by atoms with Crippen molar-refractivity contribution in [2.24, 2.45) is 0 Å². The summed E-state index contributed by atoms with van der Waals surface area (Å²) in [6.45, 7) is 0. The molecule has 0 amide bonds. The Morgan fingerprint density at radius 2 is 0.800 bits per heavy atom. The van der Waals surface area contributed by atoms with Crippen molar-refractivity contribution in [1.82, 2.24) is 4.57 Å². The molecule has 0 bridgehead atoms. The van der Waals surface area contributed by atoms with Crippen molar-refractivity contribution in [2.45, 2.75) is 0 Å². The molecule has 0 spiro atoms. The molecule has 10 aromatic carbocycles. The highest BCUT2D eigenvalue weighted by molar-refractivity contribution is 6.10. The van der Waals surface area contributed by atoms with Crippen molar-refractivity contribution < 1.29 is 0 Å². The van der Waals surface area contributed by atoms with Gasteiger partial charge in [0.25, 0.3) is 0 Å². The molecule has 0 aliphatic carbocycles. The van der Waals surface area contributed by atoms with Gasteiger partial charge in [-0.2, -0.15) is 0 Å². The lowest BCUT2D eigenvalue weighted by Crippen LogP contribution is -2.11. The summed E-state index contributed by atoms with van der Waals surface area (Å²) in [5.74, 6) is 0. The van der Waals surface area contributed by atoms with Gasteiger partial charge >= 0.3 is 0 Å². The highest BCUT2D eigenvalue weighted by atomic mass is 15.1. The van der Waals surface area contributed by atoms with E-state index in [0.29, 0.717) is 0 Å². The van der Waals surface area contributed by atoms with Crippen LogP contribution in [0.3, 0.4) is 0 Å². The number of aromatic nitrogens is 1. The average Bonchev–Trinajstić information content (AvgIpc) is 3.67. The highest BCUT2D eigenvalue weighted by Crippen LogP contribution is 2.46. The third kappa shape index (κ3) is 6.23. The van der Waals surface area contributed by atoms with Gasteiger partial charge in [0.2, 0.25) is 0 Å². The van der Waals surface area contributed by atoms with Crippen molar-refractivity contribution in [3.05, 3.63) is 243 Å². The molecule has 11 aromatic rings. The van der Waals surface area contributed by atoms with Crippen molar-refractivity contribution >= 4 is 49.6 Å². The summed E-state index contributed by atoms with van der Waals surface area (Å²) in [4.78, 5) is 2.43. The zero-order valence-electron chi connectivity index (χ0n) is 33.0. The second kappa shape index (κ2) is 15.1. The molecule has 0 saturated heterocycles. The van der Waals surface area contributed by atoms with Crippen molar-refractivity contribution in [3.8, 4) is 50.2 Å². The lowest BCUT2D eigenvalue weighted by atomic mass is 9.92. The first-order valence-electron chi connectivity index (χ1n) is 20.6. The van der Waals surface area contributed by atoms with Gasteiger partial charge in [-0.05, 0) is 98.8 Å². The van der Waals surface area contributed by atoms with Crippen LogP contribution in [0.5, 0.6) is 0 Å². The van der Waals surface area contributed by atoms with Gasteiger partial charge in [-0.15, -0.1) is 0 Å². The second-order valence-corrected chi connectivity index (χ2v) is 15.3. The monoisotopic (exact) mass is 764 g/mol. The van der Waals surface area contributed by atoms with E-state index >= 15 is 0 Å². The second-order valence-electron chi connectivity index (χ2n) is 15.3. The van der Waals surface area contributed by atoms with Crippen LogP contribution in [0, 0.1) is 0 Å².